The Kier molecular flexibility index (Phi) is 5.33. The molecule has 0 unspecified atom stereocenters. The fourth-order valence-electron chi connectivity index (χ4n) is 2.07. The molecular formula is C17H19NO3S. The van der Waals surface area contributed by atoms with Crippen LogP contribution in [0.25, 0.3) is 0 Å². The van der Waals surface area contributed by atoms with Crippen LogP contribution in [0.4, 0.5) is 0 Å². The highest BCUT2D eigenvalue weighted by Crippen LogP contribution is 2.19. The van der Waals surface area contributed by atoms with Gasteiger partial charge in [-0.3, -0.25) is 9.00 Å². The van der Waals surface area contributed by atoms with Gasteiger partial charge in [0.1, 0.15) is 5.75 Å². The van der Waals surface area contributed by atoms with Crippen molar-refractivity contribution in [2.75, 3.05) is 6.26 Å². The standard InChI is InChI=1S/C17H19NO3S/c1-3-12-6-9-15(16(19)10-12)17(20)18-11-13-4-7-14(8-5-13)22(2)21/h4-10,19H,3,11H2,1-2H3,(H,18,20)/t22-/m1/s1. The van der Waals surface area contributed by atoms with Gasteiger partial charge in [0, 0.05) is 28.5 Å². The average Bonchev–Trinajstić information content (AvgIpc) is 2.52. The van der Waals surface area contributed by atoms with Crippen molar-refractivity contribution in [3.05, 3.63) is 59.2 Å². The lowest BCUT2D eigenvalue weighted by Crippen LogP contribution is -2.22. The number of aromatic hydroxyl groups is 1. The number of rotatable bonds is 5. The van der Waals surface area contributed by atoms with Crippen molar-refractivity contribution in [3.63, 3.8) is 0 Å². The molecule has 0 saturated carbocycles. The molecule has 2 aromatic rings. The first-order valence-electron chi connectivity index (χ1n) is 7.03. The molecule has 2 N–H and O–H groups in total. The van der Waals surface area contributed by atoms with Crippen LogP contribution < -0.4 is 5.32 Å². The predicted molar refractivity (Wildman–Crippen MR) is 87.4 cm³/mol. The molecule has 0 radical (unpaired) electrons. The number of benzene rings is 2. The molecule has 1 atom stereocenters. The summed E-state index contributed by atoms with van der Waals surface area (Å²) in [6.07, 6.45) is 2.43. The Morgan fingerprint density at radius 2 is 1.77 bits per heavy atom. The van der Waals surface area contributed by atoms with Gasteiger partial charge in [-0.15, -0.1) is 0 Å². The second kappa shape index (κ2) is 7.22. The van der Waals surface area contributed by atoms with E-state index >= 15 is 0 Å². The Balaban J connectivity index is 2.02. The maximum absolute atomic E-state index is 12.1. The molecule has 116 valence electrons. The quantitative estimate of drug-likeness (QED) is 0.891. The van der Waals surface area contributed by atoms with Gasteiger partial charge in [0.2, 0.25) is 0 Å². The minimum Gasteiger partial charge on any atom is -0.507 e. The molecule has 0 aliphatic heterocycles. The van der Waals surface area contributed by atoms with Crippen molar-refractivity contribution in [2.45, 2.75) is 24.8 Å². The SMILES string of the molecule is CCc1ccc(C(=O)NCc2ccc([S@@](C)=O)cc2)c(O)c1. The first-order valence-corrected chi connectivity index (χ1v) is 8.59. The lowest BCUT2D eigenvalue weighted by Gasteiger charge is -2.08. The molecule has 2 rings (SSSR count). The molecule has 0 aliphatic carbocycles. The summed E-state index contributed by atoms with van der Waals surface area (Å²) in [5.74, 6) is -0.322. The summed E-state index contributed by atoms with van der Waals surface area (Å²) in [5, 5.41) is 12.7. The zero-order valence-corrected chi connectivity index (χ0v) is 13.4. The molecule has 0 fully saturated rings. The van der Waals surface area contributed by atoms with Gasteiger partial charge in [-0.25, -0.2) is 0 Å². The number of phenolic OH excluding ortho intramolecular Hbond substituents is 1. The number of aryl methyl sites for hydroxylation is 1. The summed E-state index contributed by atoms with van der Waals surface area (Å²) >= 11 is 0. The molecule has 4 nitrogen and oxygen atoms in total. The molecule has 0 aliphatic rings. The molecule has 2 aromatic carbocycles. The lowest BCUT2D eigenvalue weighted by molar-refractivity contribution is 0.0948. The molecular weight excluding hydrogens is 298 g/mol. The van der Waals surface area contributed by atoms with Gasteiger partial charge in [-0.2, -0.15) is 0 Å². The predicted octanol–water partition coefficient (Wildman–Crippen LogP) is 2.62. The van der Waals surface area contributed by atoms with Crippen molar-refractivity contribution >= 4 is 16.7 Å². The molecule has 0 aromatic heterocycles. The van der Waals surface area contributed by atoms with E-state index in [0.717, 1.165) is 22.4 Å². The van der Waals surface area contributed by atoms with E-state index in [-0.39, 0.29) is 17.2 Å². The summed E-state index contributed by atoms with van der Waals surface area (Å²) in [7, 11) is -1.01. The Morgan fingerprint density at radius 1 is 1.14 bits per heavy atom. The first-order chi connectivity index (χ1) is 10.5. The zero-order chi connectivity index (χ0) is 16.1. The van der Waals surface area contributed by atoms with E-state index in [9.17, 15) is 14.1 Å². The highest BCUT2D eigenvalue weighted by Gasteiger charge is 2.11. The van der Waals surface area contributed by atoms with Crippen molar-refractivity contribution < 1.29 is 14.1 Å². The van der Waals surface area contributed by atoms with E-state index < -0.39 is 10.8 Å². The minimum absolute atomic E-state index is 0.00595. The van der Waals surface area contributed by atoms with E-state index in [4.69, 9.17) is 0 Å². The smallest absolute Gasteiger partial charge is 0.255 e. The number of nitrogens with one attached hydrogen (secondary N) is 1. The Morgan fingerprint density at radius 3 is 2.32 bits per heavy atom. The molecule has 0 saturated heterocycles. The fraction of sp³-hybridized carbons (Fsp3) is 0.235. The second-order valence-corrected chi connectivity index (χ2v) is 6.37. The minimum atomic E-state index is -1.01. The fourth-order valence-corrected chi connectivity index (χ4v) is 2.59. The zero-order valence-electron chi connectivity index (χ0n) is 12.6. The van der Waals surface area contributed by atoms with Crippen LogP contribution in [0.3, 0.4) is 0 Å². The van der Waals surface area contributed by atoms with Crippen LogP contribution in [0.2, 0.25) is 0 Å². The van der Waals surface area contributed by atoms with Gasteiger partial charge >= 0.3 is 0 Å². The summed E-state index contributed by atoms with van der Waals surface area (Å²) < 4.78 is 11.3. The number of hydrogen-bond acceptors (Lipinski definition) is 3. The lowest BCUT2D eigenvalue weighted by atomic mass is 10.1. The summed E-state index contributed by atoms with van der Waals surface area (Å²) in [5.41, 5.74) is 2.16. The normalized spacial score (nSPS) is 11.9. The monoisotopic (exact) mass is 317 g/mol. The van der Waals surface area contributed by atoms with Crippen molar-refractivity contribution in [1.29, 1.82) is 0 Å². The van der Waals surface area contributed by atoms with Crippen LogP contribution in [0.5, 0.6) is 5.75 Å². The third kappa shape index (κ3) is 3.95. The van der Waals surface area contributed by atoms with Gasteiger partial charge in [0.25, 0.3) is 5.91 Å². The maximum Gasteiger partial charge on any atom is 0.255 e. The highest BCUT2D eigenvalue weighted by molar-refractivity contribution is 7.84. The Bertz CT molecular complexity index is 696. The Labute approximate surface area is 132 Å². The van der Waals surface area contributed by atoms with Crippen LogP contribution >= 0.6 is 0 Å². The summed E-state index contributed by atoms with van der Waals surface area (Å²) in [6, 6.07) is 12.3. The maximum atomic E-state index is 12.1. The molecule has 0 heterocycles. The summed E-state index contributed by atoms with van der Waals surface area (Å²) in [4.78, 5) is 12.8. The second-order valence-electron chi connectivity index (χ2n) is 4.99. The van der Waals surface area contributed by atoms with E-state index in [1.807, 2.05) is 25.1 Å². The topological polar surface area (TPSA) is 66.4 Å². The number of carbonyl (C=O) groups excluding carboxylic acids is 1. The van der Waals surface area contributed by atoms with E-state index in [2.05, 4.69) is 5.32 Å². The summed E-state index contributed by atoms with van der Waals surface area (Å²) in [6.45, 7) is 2.34. The van der Waals surface area contributed by atoms with Crippen LogP contribution in [0.15, 0.2) is 47.4 Å². The number of phenols is 1. The van der Waals surface area contributed by atoms with Crippen LogP contribution in [-0.4, -0.2) is 21.5 Å². The van der Waals surface area contributed by atoms with Crippen LogP contribution in [-0.2, 0) is 23.8 Å². The Hall–Kier alpha value is -2.14. The van der Waals surface area contributed by atoms with Crippen molar-refractivity contribution in [1.82, 2.24) is 5.32 Å². The third-order valence-corrected chi connectivity index (χ3v) is 4.36. The largest absolute Gasteiger partial charge is 0.507 e. The highest BCUT2D eigenvalue weighted by atomic mass is 32.2. The molecule has 0 spiro atoms. The number of hydrogen-bond donors (Lipinski definition) is 2. The van der Waals surface area contributed by atoms with E-state index in [0.29, 0.717) is 6.54 Å². The van der Waals surface area contributed by atoms with Crippen LogP contribution in [0.1, 0.15) is 28.4 Å². The van der Waals surface area contributed by atoms with E-state index in [1.54, 1.807) is 30.5 Å². The van der Waals surface area contributed by atoms with Crippen molar-refractivity contribution in [3.8, 4) is 5.75 Å². The van der Waals surface area contributed by atoms with Crippen LogP contribution in [0, 0.1) is 0 Å². The third-order valence-electron chi connectivity index (χ3n) is 3.42. The molecule has 1 amide bonds. The average molecular weight is 317 g/mol. The molecule has 5 heteroatoms. The number of amides is 1. The van der Waals surface area contributed by atoms with Gasteiger partial charge in [-0.1, -0.05) is 25.1 Å². The number of carbonyl (C=O) groups is 1. The first kappa shape index (κ1) is 16.2. The van der Waals surface area contributed by atoms with E-state index in [1.165, 1.54) is 0 Å². The van der Waals surface area contributed by atoms with Gasteiger partial charge in [0.15, 0.2) is 0 Å². The van der Waals surface area contributed by atoms with Gasteiger partial charge in [-0.05, 0) is 41.8 Å². The molecule has 22 heavy (non-hydrogen) atoms. The molecule has 0 bridgehead atoms. The van der Waals surface area contributed by atoms with Gasteiger partial charge < -0.3 is 10.4 Å². The van der Waals surface area contributed by atoms with Gasteiger partial charge in [0.05, 0.1) is 5.56 Å². The van der Waals surface area contributed by atoms with Crippen molar-refractivity contribution in [2.24, 2.45) is 0 Å².